The van der Waals surface area contributed by atoms with Crippen molar-refractivity contribution < 1.29 is 4.39 Å². The molecule has 1 unspecified atom stereocenters. The molecule has 2 aliphatic rings. The van der Waals surface area contributed by atoms with Gasteiger partial charge in [-0.25, -0.2) is 9.98 Å². The summed E-state index contributed by atoms with van der Waals surface area (Å²) in [6.45, 7) is 0.0512. The van der Waals surface area contributed by atoms with Crippen molar-refractivity contribution >= 4 is 44.5 Å². The topological polar surface area (TPSA) is 64.2 Å². The Morgan fingerprint density at radius 3 is 3.05 bits per heavy atom. The smallest absolute Gasteiger partial charge is 0.129 e. The van der Waals surface area contributed by atoms with Crippen molar-refractivity contribution in [2.24, 2.45) is 10.7 Å². The first-order chi connectivity index (χ1) is 10.7. The Morgan fingerprint density at radius 2 is 2.32 bits per heavy atom. The summed E-state index contributed by atoms with van der Waals surface area (Å²) in [4.78, 5) is 14.6. The molecule has 4 nitrogen and oxygen atoms in total. The molecule has 22 heavy (non-hydrogen) atoms. The standard InChI is InChI=1S/C14H14BrFN4S2/c15-13-10(6-17)18-7-11(19-13)14-20-9-2-1-8(21-4-3-16)5-12(9)22-14/h1-2,7,12H,3-6,17H2. The van der Waals surface area contributed by atoms with E-state index in [-0.39, 0.29) is 11.9 Å². The van der Waals surface area contributed by atoms with Crippen LogP contribution in [-0.4, -0.2) is 32.7 Å². The highest BCUT2D eigenvalue weighted by Crippen LogP contribution is 2.41. The predicted molar refractivity (Wildman–Crippen MR) is 94.8 cm³/mol. The van der Waals surface area contributed by atoms with Crippen LogP contribution in [0.5, 0.6) is 0 Å². The molecular weight excluding hydrogens is 387 g/mol. The molecule has 1 aromatic heterocycles. The quantitative estimate of drug-likeness (QED) is 0.819. The van der Waals surface area contributed by atoms with Crippen LogP contribution in [-0.2, 0) is 6.54 Å². The van der Waals surface area contributed by atoms with Gasteiger partial charge in [0, 0.05) is 12.3 Å². The summed E-state index contributed by atoms with van der Waals surface area (Å²) < 4.78 is 12.9. The van der Waals surface area contributed by atoms with Gasteiger partial charge < -0.3 is 5.73 Å². The molecule has 0 saturated heterocycles. The first-order valence-electron chi connectivity index (χ1n) is 6.78. The number of halogens is 2. The lowest BCUT2D eigenvalue weighted by Crippen LogP contribution is -2.08. The molecule has 0 saturated carbocycles. The fourth-order valence-corrected chi connectivity index (χ4v) is 4.67. The minimum Gasteiger partial charge on any atom is -0.325 e. The molecule has 1 aromatic rings. The van der Waals surface area contributed by atoms with E-state index in [1.807, 2.05) is 12.2 Å². The van der Waals surface area contributed by atoms with Crippen LogP contribution in [0.15, 0.2) is 38.5 Å². The van der Waals surface area contributed by atoms with Gasteiger partial charge in [0.25, 0.3) is 0 Å². The summed E-state index contributed by atoms with van der Waals surface area (Å²) in [5.74, 6) is 0.513. The van der Waals surface area contributed by atoms with Crippen LogP contribution < -0.4 is 5.73 Å². The van der Waals surface area contributed by atoms with E-state index in [9.17, 15) is 4.39 Å². The van der Waals surface area contributed by atoms with E-state index < -0.39 is 0 Å². The normalized spacial score (nSPS) is 20.3. The van der Waals surface area contributed by atoms with Crippen molar-refractivity contribution in [2.75, 3.05) is 12.4 Å². The molecule has 0 radical (unpaired) electrons. The minimum absolute atomic E-state index is 0.289. The van der Waals surface area contributed by atoms with Gasteiger partial charge >= 0.3 is 0 Å². The molecule has 1 aliphatic heterocycles. The van der Waals surface area contributed by atoms with Crippen molar-refractivity contribution in [3.63, 3.8) is 0 Å². The molecule has 2 N–H and O–H groups in total. The van der Waals surface area contributed by atoms with Crippen LogP contribution in [0.2, 0.25) is 0 Å². The second-order valence-electron chi connectivity index (χ2n) is 4.69. The monoisotopic (exact) mass is 400 g/mol. The molecule has 1 atom stereocenters. The Balaban J connectivity index is 1.77. The highest BCUT2D eigenvalue weighted by molar-refractivity contribution is 9.10. The van der Waals surface area contributed by atoms with Gasteiger partial charge in [0.15, 0.2) is 0 Å². The van der Waals surface area contributed by atoms with Crippen molar-refractivity contribution in [3.8, 4) is 0 Å². The van der Waals surface area contributed by atoms with Crippen molar-refractivity contribution in [1.82, 2.24) is 9.97 Å². The van der Waals surface area contributed by atoms with E-state index in [1.165, 1.54) is 4.91 Å². The average Bonchev–Trinajstić information content (AvgIpc) is 2.96. The number of nitrogens with two attached hydrogens (primary N) is 1. The largest absolute Gasteiger partial charge is 0.325 e. The van der Waals surface area contributed by atoms with Crippen LogP contribution in [0, 0.1) is 0 Å². The van der Waals surface area contributed by atoms with Gasteiger partial charge in [0.05, 0.1) is 29.5 Å². The van der Waals surface area contributed by atoms with Crippen molar-refractivity contribution in [2.45, 2.75) is 18.2 Å². The maximum absolute atomic E-state index is 12.3. The fraction of sp³-hybridized carbons (Fsp3) is 0.357. The third kappa shape index (κ3) is 3.45. The highest BCUT2D eigenvalue weighted by atomic mass is 79.9. The van der Waals surface area contributed by atoms with Gasteiger partial charge in [0.2, 0.25) is 0 Å². The van der Waals surface area contributed by atoms with Gasteiger partial charge in [-0.1, -0.05) is 17.8 Å². The third-order valence-corrected chi connectivity index (χ3v) is 6.10. The second kappa shape index (κ2) is 7.25. The van der Waals surface area contributed by atoms with Crippen LogP contribution in [0.1, 0.15) is 17.8 Å². The molecule has 116 valence electrons. The molecule has 0 fully saturated rings. The van der Waals surface area contributed by atoms with E-state index >= 15 is 0 Å². The predicted octanol–water partition coefficient (Wildman–Crippen LogP) is 3.43. The summed E-state index contributed by atoms with van der Waals surface area (Å²) in [5.41, 5.74) is 8.12. The third-order valence-electron chi connectivity index (χ3n) is 3.22. The number of fused-ring (bicyclic) bond motifs is 1. The Morgan fingerprint density at radius 1 is 1.45 bits per heavy atom. The maximum atomic E-state index is 12.3. The second-order valence-corrected chi connectivity index (χ2v) is 7.85. The maximum Gasteiger partial charge on any atom is 0.129 e. The Bertz CT molecular complexity index is 675. The summed E-state index contributed by atoms with van der Waals surface area (Å²) in [7, 11) is 0. The van der Waals surface area contributed by atoms with Crippen LogP contribution >= 0.6 is 39.5 Å². The number of hydrogen-bond donors (Lipinski definition) is 1. The van der Waals surface area contributed by atoms with Crippen molar-refractivity contribution in [1.29, 1.82) is 0 Å². The van der Waals surface area contributed by atoms with Gasteiger partial charge in [-0.05, 0) is 33.3 Å². The zero-order valence-electron chi connectivity index (χ0n) is 11.6. The van der Waals surface area contributed by atoms with Crippen molar-refractivity contribution in [3.05, 3.63) is 44.9 Å². The summed E-state index contributed by atoms with van der Waals surface area (Å²) in [6, 6.07) is 0. The van der Waals surface area contributed by atoms with Gasteiger partial charge in [-0.3, -0.25) is 9.37 Å². The first-order valence-corrected chi connectivity index (χ1v) is 9.43. The van der Waals surface area contributed by atoms with E-state index in [1.54, 1.807) is 29.7 Å². The summed E-state index contributed by atoms with van der Waals surface area (Å²) in [5, 5.41) is 1.16. The summed E-state index contributed by atoms with van der Waals surface area (Å²) >= 11 is 6.65. The fourth-order valence-electron chi connectivity index (χ4n) is 2.16. The van der Waals surface area contributed by atoms with E-state index in [4.69, 9.17) is 5.73 Å². The zero-order chi connectivity index (χ0) is 15.5. The van der Waals surface area contributed by atoms with Crippen LogP contribution in [0.25, 0.3) is 0 Å². The number of thioether (sulfide) groups is 2. The first kappa shape index (κ1) is 16.2. The lowest BCUT2D eigenvalue weighted by atomic mass is 10.1. The molecule has 8 heteroatoms. The number of aliphatic imine (C=N–C) groups is 1. The van der Waals surface area contributed by atoms with Crippen LogP contribution in [0.4, 0.5) is 4.39 Å². The van der Waals surface area contributed by atoms with Gasteiger partial charge in [-0.15, -0.1) is 11.8 Å². The van der Waals surface area contributed by atoms with E-state index in [2.05, 4.69) is 30.9 Å². The number of aromatic nitrogens is 2. The number of alkyl halides is 1. The number of hydrogen-bond acceptors (Lipinski definition) is 6. The molecule has 0 aromatic carbocycles. The molecular formula is C14H14BrFN4S2. The molecule has 0 bridgehead atoms. The molecule has 0 spiro atoms. The average molecular weight is 401 g/mol. The lowest BCUT2D eigenvalue weighted by molar-refractivity contribution is 0.533. The Kier molecular flexibility index (Phi) is 5.33. The van der Waals surface area contributed by atoms with Gasteiger partial charge in [0.1, 0.15) is 15.3 Å². The molecule has 0 amide bonds. The van der Waals surface area contributed by atoms with Gasteiger partial charge in [-0.2, -0.15) is 0 Å². The highest BCUT2D eigenvalue weighted by Gasteiger charge is 2.29. The number of allylic oxidation sites excluding steroid dienone is 3. The molecule has 3 rings (SSSR count). The number of nitrogens with zero attached hydrogens (tertiary/aromatic N) is 3. The number of rotatable bonds is 5. The van der Waals surface area contributed by atoms with E-state index in [0.29, 0.717) is 16.9 Å². The summed E-state index contributed by atoms with van der Waals surface area (Å²) in [6.07, 6.45) is 6.66. The van der Waals surface area contributed by atoms with E-state index in [0.717, 1.165) is 28.5 Å². The minimum atomic E-state index is -0.296. The SMILES string of the molecule is NCc1ncc(C2=NC3=CC=C(SCCF)CC3S2)nc1Br. The Labute approximate surface area is 145 Å². The Hall–Kier alpha value is -0.700. The molecule has 1 aliphatic carbocycles. The van der Waals surface area contributed by atoms with Crippen LogP contribution in [0.3, 0.4) is 0 Å². The zero-order valence-corrected chi connectivity index (χ0v) is 14.8. The lowest BCUT2D eigenvalue weighted by Gasteiger charge is -2.16. The molecule has 2 heterocycles.